The number of likely N-dealkylation sites (tertiary alicyclic amines) is 1. The molecule has 0 unspecified atom stereocenters. The summed E-state index contributed by atoms with van der Waals surface area (Å²) in [6.07, 6.45) is 3.33. The predicted molar refractivity (Wildman–Crippen MR) is 116 cm³/mol. The summed E-state index contributed by atoms with van der Waals surface area (Å²) in [6, 6.07) is 0. The Hall–Kier alpha value is -2.49. The zero-order chi connectivity index (χ0) is 24.5. The van der Waals surface area contributed by atoms with Crippen LogP contribution in [0, 0.1) is 11.8 Å². The van der Waals surface area contributed by atoms with E-state index in [1.54, 1.807) is 11.8 Å². The van der Waals surface area contributed by atoms with Crippen LogP contribution in [-0.4, -0.2) is 74.1 Å². The van der Waals surface area contributed by atoms with Crippen LogP contribution in [0.2, 0.25) is 0 Å². The van der Waals surface area contributed by atoms with Crippen molar-refractivity contribution in [1.29, 1.82) is 0 Å². The molecule has 0 aromatic heterocycles. The van der Waals surface area contributed by atoms with Gasteiger partial charge in [-0.15, -0.1) is 0 Å². The van der Waals surface area contributed by atoms with Gasteiger partial charge in [0.1, 0.15) is 0 Å². The van der Waals surface area contributed by atoms with Crippen LogP contribution in [0.15, 0.2) is 0 Å². The second-order valence-corrected chi connectivity index (χ2v) is 7.39. The van der Waals surface area contributed by atoms with E-state index in [2.05, 4.69) is 10.1 Å². The van der Waals surface area contributed by atoms with Gasteiger partial charge in [0.2, 0.25) is 5.91 Å². The van der Waals surface area contributed by atoms with Crippen molar-refractivity contribution >= 4 is 29.8 Å². The maximum absolute atomic E-state index is 11.3. The lowest BCUT2D eigenvalue weighted by atomic mass is 9.97. The van der Waals surface area contributed by atoms with Crippen LogP contribution in [0.1, 0.15) is 60.3 Å². The molecule has 1 amide bonds. The number of hydrogen-bond donors (Lipinski definition) is 1. The number of amides is 1. The van der Waals surface area contributed by atoms with Gasteiger partial charge in [-0.25, -0.2) is 0 Å². The topological polar surface area (TPSA) is 128 Å². The van der Waals surface area contributed by atoms with Gasteiger partial charge in [0, 0.05) is 33.9 Å². The van der Waals surface area contributed by atoms with Crippen LogP contribution in [0.5, 0.6) is 0 Å². The number of nitrogens with one attached hydrogen (secondary N) is 1. The summed E-state index contributed by atoms with van der Waals surface area (Å²) in [5.74, 6) is -1.03. The van der Waals surface area contributed by atoms with Crippen LogP contribution in [0.4, 0.5) is 0 Å². The van der Waals surface area contributed by atoms with Gasteiger partial charge in [-0.1, -0.05) is 0 Å². The minimum absolute atomic E-state index is 0.00875. The Morgan fingerprint density at radius 1 is 0.750 bits per heavy atom. The average Bonchev–Trinajstić information content (AvgIpc) is 2.75. The lowest BCUT2D eigenvalue weighted by Gasteiger charge is -2.29. The molecule has 0 aromatic carbocycles. The Kier molecular flexibility index (Phi) is 15.8. The zero-order valence-electron chi connectivity index (χ0n) is 19.9. The number of rotatable bonds is 4. The van der Waals surface area contributed by atoms with Crippen molar-refractivity contribution < 1.29 is 38.2 Å². The van der Waals surface area contributed by atoms with E-state index in [0.29, 0.717) is 26.3 Å². The van der Waals surface area contributed by atoms with Gasteiger partial charge in [0.25, 0.3) is 0 Å². The summed E-state index contributed by atoms with van der Waals surface area (Å²) in [7, 11) is 0. The Labute approximate surface area is 190 Å². The third-order valence-corrected chi connectivity index (χ3v) is 4.81. The molecule has 2 saturated heterocycles. The molecule has 0 spiro atoms. The normalized spacial score (nSPS) is 16.3. The quantitative estimate of drug-likeness (QED) is 0.378. The molecule has 0 saturated carbocycles. The van der Waals surface area contributed by atoms with E-state index in [1.165, 1.54) is 13.8 Å². The van der Waals surface area contributed by atoms with E-state index in [4.69, 9.17) is 9.47 Å². The molecule has 2 aliphatic rings. The summed E-state index contributed by atoms with van der Waals surface area (Å²) in [5.41, 5.74) is 0. The molecular formula is C22H38N2O8. The number of ether oxygens (including phenoxy) is 3. The number of piperidine rings is 2. The maximum atomic E-state index is 11.3. The van der Waals surface area contributed by atoms with Crippen molar-refractivity contribution in [3.8, 4) is 0 Å². The van der Waals surface area contributed by atoms with E-state index in [9.17, 15) is 24.0 Å². The molecule has 2 fully saturated rings. The van der Waals surface area contributed by atoms with Gasteiger partial charge < -0.3 is 24.4 Å². The third kappa shape index (κ3) is 13.7. The van der Waals surface area contributed by atoms with Crippen molar-refractivity contribution in [1.82, 2.24) is 10.2 Å². The maximum Gasteiger partial charge on any atom is 0.310 e. The van der Waals surface area contributed by atoms with E-state index in [-0.39, 0.29) is 29.7 Å². The largest absolute Gasteiger partial charge is 0.466 e. The van der Waals surface area contributed by atoms with Gasteiger partial charge in [0.05, 0.1) is 25.0 Å². The Bertz CT molecular complexity index is 597. The third-order valence-electron chi connectivity index (χ3n) is 4.81. The molecule has 10 nitrogen and oxygen atoms in total. The Balaban J connectivity index is 0.000000478. The summed E-state index contributed by atoms with van der Waals surface area (Å²) < 4.78 is 13.8. The highest BCUT2D eigenvalue weighted by molar-refractivity contribution is 5.82. The van der Waals surface area contributed by atoms with Crippen molar-refractivity contribution in [3.05, 3.63) is 0 Å². The minimum Gasteiger partial charge on any atom is -0.466 e. The van der Waals surface area contributed by atoms with Crippen LogP contribution in [0.25, 0.3) is 0 Å². The SMILES string of the molecule is CC(=O)OC(C)=O.CCOC(=O)C1CCN(C(C)=O)CC1.CCOC(=O)C1CCNCC1. The first-order valence-corrected chi connectivity index (χ1v) is 11.1. The van der Waals surface area contributed by atoms with Gasteiger partial charge >= 0.3 is 23.9 Å². The van der Waals surface area contributed by atoms with Crippen LogP contribution in [-0.2, 0) is 38.2 Å². The van der Waals surface area contributed by atoms with Crippen LogP contribution < -0.4 is 5.32 Å². The van der Waals surface area contributed by atoms with Gasteiger partial charge in [-0.2, -0.15) is 0 Å². The zero-order valence-corrected chi connectivity index (χ0v) is 19.9. The highest BCUT2D eigenvalue weighted by Crippen LogP contribution is 2.18. The fourth-order valence-electron chi connectivity index (χ4n) is 3.21. The molecule has 0 atom stereocenters. The van der Waals surface area contributed by atoms with Gasteiger partial charge in [-0.3, -0.25) is 24.0 Å². The lowest BCUT2D eigenvalue weighted by molar-refractivity contribution is -0.156. The first-order chi connectivity index (χ1) is 15.1. The van der Waals surface area contributed by atoms with Crippen molar-refractivity contribution in [2.24, 2.45) is 11.8 Å². The van der Waals surface area contributed by atoms with E-state index >= 15 is 0 Å². The average molecular weight is 459 g/mol. The van der Waals surface area contributed by atoms with Gasteiger partial charge in [-0.05, 0) is 52.6 Å². The smallest absolute Gasteiger partial charge is 0.310 e. The van der Waals surface area contributed by atoms with E-state index in [1.807, 2.05) is 13.8 Å². The van der Waals surface area contributed by atoms with Crippen LogP contribution in [0.3, 0.4) is 0 Å². The van der Waals surface area contributed by atoms with Crippen molar-refractivity contribution in [2.75, 3.05) is 39.4 Å². The molecule has 32 heavy (non-hydrogen) atoms. The summed E-state index contributed by atoms with van der Waals surface area (Å²) in [4.78, 5) is 54.9. The molecule has 2 heterocycles. The first-order valence-electron chi connectivity index (χ1n) is 11.1. The molecule has 10 heteroatoms. The predicted octanol–water partition coefficient (Wildman–Crippen LogP) is 1.45. The summed E-state index contributed by atoms with van der Waals surface area (Å²) in [6.45, 7) is 11.8. The Morgan fingerprint density at radius 2 is 1.16 bits per heavy atom. The molecule has 1 N–H and O–H groups in total. The van der Waals surface area contributed by atoms with Crippen molar-refractivity contribution in [3.63, 3.8) is 0 Å². The molecule has 2 rings (SSSR count). The fourth-order valence-corrected chi connectivity index (χ4v) is 3.21. The fraction of sp³-hybridized carbons (Fsp3) is 0.773. The molecule has 0 bridgehead atoms. The van der Waals surface area contributed by atoms with Gasteiger partial charge in [0.15, 0.2) is 0 Å². The number of nitrogens with zero attached hydrogens (tertiary/aromatic N) is 1. The number of esters is 4. The monoisotopic (exact) mass is 458 g/mol. The van der Waals surface area contributed by atoms with Crippen LogP contribution >= 0.6 is 0 Å². The second-order valence-electron chi connectivity index (χ2n) is 7.39. The van der Waals surface area contributed by atoms with E-state index in [0.717, 1.165) is 38.8 Å². The summed E-state index contributed by atoms with van der Waals surface area (Å²) >= 11 is 0. The standard InChI is InChI=1S/C10H17NO3.C8H15NO2.C4H6O3/c1-3-14-10(13)9-4-6-11(7-5-9)8(2)12;1-2-11-8(10)7-3-5-9-6-4-7;1-3(5)7-4(2)6/h9H,3-7H2,1-2H3;7,9H,2-6H2,1H3;1-2H3. The Morgan fingerprint density at radius 3 is 1.47 bits per heavy atom. The second kappa shape index (κ2) is 17.1. The molecule has 0 radical (unpaired) electrons. The molecule has 0 aromatic rings. The lowest BCUT2D eigenvalue weighted by Crippen LogP contribution is -2.39. The molecule has 2 aliphatic heterocycles. The molecule has 0 aliphatic carbocycles. The molecule has 184 valence electrons. The highest BCUT2D eigenvalue weighted by Gasteiger charge is 2.26. The molecular weight excluding hydrogens is 420 g/mol. The first kappa shape index (κ1) is 29.5. The minimum atomic E-state index is -0.562. The number of carbonyl (C=O) groups excluding carboxylic acids is 5. The summed E-state index contributed by atoms with van der Waals surface area (Å²) in [5, 5.41) is 3.20. The number of carbonyl (C=O) groups is 5. The van der Waals surface area contributed by atoms with E-state index < -0.39 is 11.9 Å². The highest BCUT2D eigenvalue weighted by atomic mass is 16.6. The number of hydrogen-bond acceptors (Lipinski definition) is 9. The van der Waals surface area contributed by atoms with Crippen molar-refractivity contribution in [2.45, 2.75) is 60.3 Å².